The number of aromatic nitrogens is 3. The summed E-state index contributed by atoms with van der Waals surface area (Å²) in [4.78, 5) is 0. The fourth-order valence-electron chi connectivity index (χ4n) is 2.11. The highest BCUT2D eigenvalue weighted by atomic mass is 35.5. The summed E-state index contributed by atoms with van der Waals surface area (Å²) in [6, 6.07) is 8.82. The van der Waals surface area contributed by atoms with Crippen LogP contribution in [-0.2, 0) is 6.61 Å². The van der Waals surface area contributed by atoms with E-state index in [4.69, 9.17) is 32.4 Å². The van der Waals surface area contributed by atoms with Crippen molar-refractivity contribution >= 4 is 41.2 Å². The van der Waals surface area contributed by atoms with Gasteiger partial charge in [0.2, 0.25) is 5.16 Å². The number of halogens is 2. The lowest BCUT2D eigenvalue weighted by Crippen LogP contribution is -1.96. The van der Waals surface area contributed by atoms with E-state index in [1.807, 2.05) is 26.0 Å². The van der Waals surface area contributed by atoms with E-state index in [1.54, 1.807) is 40.9 Å². The first-order valence-electron chi connectivity index (χ1n) is 7.83. The molecule has 0 fully saturated rings. The van der Waals surface area contributed by atoms with Crippen molar-refractivity contribution in [1.82, 2.24) is 14.9 Å². The molecule has 6 nitrogen and oxygen atoms in total. The van der Waals surface area contributed by atoms with Gasteiger partial charge < -0.3 is 9.15 Å². The second-order valence-corrected chi connectivity index (χ2v) is 7.21. The van der Waals surface area contributed by atoms with E-state index in [9.17, 15) is 0 Å². The molecule has 0 amide bonds. The van der Waals surface area contributed by atoms with E-state index in [0.717, 1.165) is 10.9 Å². The van der Waals surface area contributed by atoms with E-state index >= 15 is 0 Å². The highest BCUT2D eigenvalue weighted by Crippen LogP contribution is 2.33. The van der Waals surface area contributed by atoms with Crippen molar-refractivity contribution in [3.63, 3.8) is 0 Å². The van der Waals surface area contributed by atoms with Crippen LogP contribution in [0.15, 0.2) is 45.0 Å². The van der Waals surface area contributed by atoms with Gasteiger partial charge in [0.1, 0.15) is 18.1 Å². The molecule has 0 saturated heterocycles. The van der Waals surface area contributed by atoms with Crippen LogP contribution in [0.2, 0.25) is 10.0 Å². The number of nitrogens with zero attached hydrogens (tertiary/aromatic N) is 4. The van der Waals surface area contributed by atoms with Crippen LogP contribution in [0.1, 0.15) is 24.3 Å². The standard InChI is InChI=1S/C17H16Cl2N4O2S/c1-3-26-17-22-21-11(2)23(17)20-9-12-7-8-13(25-12)10-24-16-14(18)5-4-6-15(16)19/h4-9H,3,10H2,1-2H3/b20-9-. The molecule has 3 aromatic rings. The van der Waals surface area contributed by atoms with Crippen molar-refractivity contribution in [1.29, 1.82) is 0 Å². The second-order valence-electron chi connectivity index (χ2n) is 5.16. The van der Waals surface area contributed by atoms with Crippen LogP contribution < -0.4 is 4.74 Å². The third-order valence-electron chi connectivity index (χ3n) is 3.30. The third-order valence-corrected chi connectivity index (χ3v) is 4.70. The summed E-state index contributed by atoms with van der Waals surface area (Å²) >= 11 is 13.7. The zero-order valence-corrected chi connectivity index (χ0v) is 16.5. The number of hydrogen-bond acceptors (Lipinski definition) is 6. The monoisotopic (exact) mass is 410 g/mol. The molecule has 2 heterocycles. The number of para-hydroxylation sites is 1. The number of thioether (sulfide) groups is 1. The first-order valence-corrected chi connectivity index (χ1v) is 9.57. The fraction of sp³-hybridized carbons (Fsp3) is 0.235. The molecule has 0 aliphatic carbocycles. The molecule has 0 bridgehead atoms. The summed E-state index contributed by atoms with van der Waals surface area (Å²) in [5.41, 5.74) is 0. The molecule has 1 aromatic carbocycles. The molecule has 0 spiro atoms. The number of rotatable bonds is 7. The average molecular weight is 411 g/mol. The fourth-order valence-corrected chi connectivity index (χ4v) is 3.27. The first-order chi connectivity index (χ1) is 12.6. The lowest BCUT2D eigenvalue weighted by molar-refractivity contribution is 0.270. The van der Waals surface area contributed by atoms with Crippen LogP contribution in [0.3, 0.4) is 0 Å². The highest BCUT2D eigenvalue weighted by molar-refractivity contribution is 7.99. The Kier molecular flexibility index (Phi) is 6.24. The Morgan fingerprint density at radius 1 is 1.23 bits per heavy atom. The zero-order chi connectivity index (χ0) is 18.5. The topological polar surface area (TPSA) is 65.4 Å². The zero-order valence-electron chi connectivity index (χ0n) is 14.1. The van der Waals surface area contributed by atoms with E-state index in [2.05, 4.69) is 15.3 Å². The number of hydrogen-bond donors (Lipinski definition) is 0. The van der Waals surface area contributed by atoms with Gasteiger partial charge in [-0.1, -0.05) is 48.0 Å². The molecule has 9 heteroatoms. The maximum Gasteiger partial charge on any atom is 0.212 e. The van der Waals surface area contributed by atoms with Crippen LogP contribution in [0, 0.1) is 6.92 Å². The Balaban J connectivity index is 1.68. The molecular weight excluding hydrogens is 395 g/mol. The highest BCUT2D eigenvalue weighted by Gasteiger charge is 2.10. The van der Waals surface area contributed by atoms with Crippen molar-refractivity contribution in [2.45, 2.75) is 25.6 Å². The van der Waals surface area contributed by atoms with E-state index < -0.39 is 0 Å². The Labute approximate surface area is 165 Å². The predicted octanol–water partition coefficient (Wildman–Crippen LogP) is 5.06. The molecular formula is C17H16Cl2N4O2S. The molecule has 0 saturated carbocycles. The minimum atomic E-state index is 0.208. The van der Waals surface area contributed by atoms with Crippen LogP contribution in [-0.4, -0.2) is 26.8 Å². The van der Waals surface area contributed by atoms with E-state index in [0.29, 0.717) is 33.1 Å². The lowest BCUT2D eigenvalue weighted by atomic mass is 10.3. The van der Waals surface area contributed by atoms with Crippen molar-refractivity contribution in [2.75, 3.05) is 5.75 Å². The minimum Gasteiger partial charge on any atom is -0.483 e. The van der Waals surface area contributed by atoms with Gasteiger partial charge in [0.05, 0.1) is 16.3 Å². The number of benzene rings is 1. The van der Waals surface area contributed by atoms with Gasteiger partial charge in [0, 0.05) is 0 Å². The van der Waals surface area contributed by atoms with Crippen molar-refractivity contribution in [2.24, 2.45) is 5.10 Å². The van der Waals surface area contributed by atoms with E-state index in [-0.39, 0.29) is 6.61 Å². The summed E-state index contributed by atoms with van der Waals surface area (Å²) in [6.45, 7) is 4.10. The quantitative estimate of drug-likeness (QED) is 0.402. The molecule has 0 aliphatic heterocycles. The molecule has 0 N–H and O–H groups in total. The van der Waals surface area contributed by atoms with Gasteiger partial charge in [-0.05, 0) is 36.9 Å². The van der Waals surface area contributed by atoms with Gasteiger partial charge in [-0.25, -0.2) is 0 Å². The SMILES string of the molecule is CCSc1nnc(C)n1/N=C\c1ccc(COc2c(Cl)cccc2Cl)o1. The normalized spacial score (nSPS) is 11.4. The van der Waals surface area contributed by atoms with Crippen molar-refractivity contribution in [3.8, 4) is 5.75 Å². The van der Waals surface area contributed by atoms with Gasteiger partial charge in [-0.2, -0.15) is 9.78 Å². The van der Waals surface area contributed by atoms with E-state index in [1.165, 1.54) is 0 Å². The second kappa shape index (κ2) is 8.62. The summed E-state index contributed by atoms with van der Waals surface area (Å²) in [5, 5.41) is 14.2. The Morgan fingerprint density at radius 2 is 2.00 bits per heavy atom. The lowest BCUT2D eigenvalue weighted by Gasteiger charge is -2.07. The summed E-state index contributed by atoms with van der Waals surface area (Å²) < 4.78 is 13.0. The van der Waals surface area contributed by atoms with Crippen LogP contribution in [0.4, 0.5) is 0 Å². The van der Waals surface area contributed by atoms with Gasteiger partial charge in [0.15, 0.2) is 11.6 Å². The van der Waals surface area contributed by atoms with Gasteiger partial charge in [-0.3, -0.25) is 0 Å². The molecule has 0 atom stereocenters. The molecule has 26 heavy (non-hydrogen) atoms. The Bertz CT molecular complexity index is 903. The van der Waals surface area contributed by atoms with Gasteiger partial charge in [-0.15, -0.1) is 10.2 Å². The summed E-state index contributed by atoms with van der Waals surface area (Å²) in [7, 11) is 0. The van der Waals surface area contributed by atoms with Crippen molar-refractivity contribution < 1.29 is 9.15 Å². The van der Waals surface area contributed by atoms with Crippen LogP contribution in [0.25, 0.3) is 0 Å². The predicted molar refractivity (Wildman–Crippen MR) is 104 cm³/mol. The maximum absolute atomic E-state index is 6.09. The molecule has 136 valence electrons. The van der Waals surface area contributed by atoms with Crippen LogP contribution in [0.5, 0.6) is 5.75 Å². The summed E-state index contributed by atoms with van der Waals surface area (Å²) in [6.07, 6.45) is 1.61. The molecule has 0 radical (unpaired) electrons. The summed E-state index contributed by atoms with van der Waals surface area (Å²) in [5.74, 6) is 3.26. The Morgan fingerprint density at radius 3 is 2.73 bits per heavy atom. The molecule has 0 unspecified atom stereocenters. The smallest absolute Gasteiger partial charge is 0.212 e. The first kappa shape index (κ1) is 18.8. The van der Waals surface area contributed by atoms with Crippen LogP contribution >= 0.6 is 35.0 Å². The molecule has 3 rings (SSSR count). The molecule has 2 aromatic heterocycles. The number of aryl methyl sites for hydroxylation is 1. The Hall–Kier alpha value is -1.96. The maximum atomic E-state index is 6.09. The van der Waals surface area contributed by atoms with Crippen molar-refractivity contribution in [3.05, 3.63) is 57.7 Å². The number of furan rings is 1. The largest absolute Gasteiger partial charge is 0.483 e. The average Bonchev–Trinajstić information content (AvgIpc) is 3.20. The number of ether oxygens (including phenoxy) is 1. The minimum absolute atomic E-state index is 0.208. The van der Waals surface area contributed by atoms with Gasteiger partial charge >= 0.3 is 0 Å². The third kappa shape index (κ3) is 4.41. The van der Waals surface area contributed by atoms with Gasteiger partial charge in [0.25, 0.3) is 0 Å². The molecule has 0 aliphatic rings.